The van der Waals surface area contributed by atoms with Crippen molar-refractivity contribution >= 4 is 11.9 Å². The minimum atomic E-state index is -0.531. The van der Waals surface area contributed by atoms with Gasteiger partial charge in [-0.15, -0.1) is 0 Å². The van der Waals surface area contributed by atoms with E-state index in [0.29, 0.717) is 13.2 Å². The molecule has 1 saturated heterocycles. The number of hydrogen-bond acceptors (Lipinski definition) is 5. The summed E-state index contributed by atoms with van der Waals surface area (Å²) in [5.74, 6) is -0.666. The molecule has 0 saturated carbocycles. The van der Waals surface area contributed by atoms with Crippen LogP contribution in [0.4, 0.5) is 0 Å². The van der Waals surface area contributed by atoms with Crippen LogP contribution in [0.1, 0.15) is 50.6 Å². The van der Waals surface area contributed by atoms with Gasteiger partial charge in [0.1, 0.15) is 12.4 Å². The molecule has 2 heterocycles. The van der Waals surface area contributed by atoms with Gasteiger partial charge in [-0.05, 0) is 31.9 Å². The predicted molar refractivity (Wildman–Crippen MR) is 95.2 cm³/mol. The molecule has 2 aromatic rings. The number of amides is 1. The Hall–Kier alpha value is -2.60. The number of aryl methyl sites for hydroxylation is 2. The van der Waals surface area contributed by atoms with Crippen molar-refractivity contribution in [2.45, 2.75) is 32.9 Å². The first-order valence-electron chi connectivity index (χ1n) is 8.57. The molecule has 26 heavy (non-hydrogen) atoms. The Labute approximate surface area is 152 Å². The zero-order valence-corrected chi connectivity index (χ0v) is 15.4. The number of benzene rings is 1. The van der Waals surface area contributed by atoms with Crippen molar-refractivity contribution in [3.63, 3.8) is 0 Å². The molecule has 0 aliphatic carbocycles. The van der Waals surface area contributed by atoms with Gasteiger partial charge in [0.15, 0.2) is 5.76 Å². The van der Waals surface area contributed by atoms with Gasteiger partial charge < -0.3 is 18.8 Å². The number of hydrogen-bond donors (Lipinski definition) is 0. The first-order valence-corrected chi connectivity index (χ1v) is 8.57. The third kappa shape index (κ3) is 3.51. The fourth-order valence-corrected chi connectivity index (χ4v) is 3.15. The van der Waals surface area contributed by atoms with E-state index in [1.54, 1.807) is 4.90 Å². The molecule has 1 aromatic heterocycles. The van der Waals surface area contributed by atoms with Crippen molar-refractivity contribution in [3.8, 4) is 0 Å². The van der Waals surface area contributed by atoms with Gasteiger partial charge >= 0.3 is 5.97 Å². The standard InChI is InChI=1S/C20H23NO5/c1-12-5-6-13(2)16(7-12)18-9-21(14(3)10-25-18)19(22)17-8-15(11-26-17)20(23)24-4/h5-8,11,14,18H,9-10H2,1-4H3. The number of rotatable bonds is 3. The summed E-state index contributed by atoms with van der Waals surface area (Å²) >= 11 is 0. The zero-order chi connectivity index (χ0) is 18.8. The maximum Gasteiger partial charge on any atom is 0.341 e. The molecule has 2 unspecified atom stereocenters. The van der Waals surface area contributed by atoms with E-state index >= 15 is 0 Å². The molecule has 138 valence electrons. The van der Waals surface area contributed by atoms with Crippen LogP contribution in [0, 0.1) is 13.8 Å². The van der Waals surface area contributed by atoms with Crippen molar-refractivity contribution in [1.29, 1.82) is 0 Å². The molecule has 1 aliphatic rings. The molecule has 2 atom stereocenters. The lowest BCUT2D eigenvalue weighted by Crippen LogP contribution is -2.48. The molecule has 1 amide bonds. The van der Waals surface area contributed by atoms with Crippen molar-refractivity contribution in [2.24, 2.45) is 0 Å². The van der Waals surface area contributed by atoms with Crippen molar-refractivity contribution in [3.05, 3.63) is 58.5 Å². The molecule has 1 fully saturated rings. The zero-order valence-electron chi connectivity index (χ0n) is 15.4. The number of methoxy groups -OCH3 is 1. The van der Waals surface area contributed by atoms with Crippen LogP contribution in [0.3, 0.4) is 0 Å². The summed E-state index contributed by atoms with van der Waals surface area (Å²) in [4.78, 5) is 26.2. The number of furan rings is 1. The molecule has 0 radical (unpaired) electrons. The fraction of sp³-hybridized carbons (Fsp3) is 0.400. The molecule has 6 nitrogen and oxygen atoms in total. The first-order chi connectivity index (χ1) is 12.4. The lowest BCUT2D eigenvalue weighted by molar-refractivity contribution is -0.0497. The highest BCUT2D eigenvalue weighted by Gasteiger charge is 2.33. The summed E-state index contributed by atoms with van der Waals surface area (Å²) in [6.07, 6.45) is 1.05. The Morgan fingerprint density at radius 2 is 2.00 bits per heavy atom. The average molecular weight is 357 g/mol. The van der Waals surface area contributed by atoms with Crippen LogP contribution in [0.5, 0.6) is 0 Å². The fourth-order valence-electron chi connectivity index (χ4n) is 3.15. The number of esters is 1. The van der Waals surface area contributed by atoms with Gasteiger partial charge in [-0.25, -0.2) is 4.79 Å². The molecule has 1 aliphatic heterocycles. The van der Waals surface area contributed by atoms with E-state index < -0.39 is 5.97 Å². The normalized spacial score (nSPS) is 20.1. The van der Waals surface area contributed by atoms with Gasteiger partial charge in [0.05, 0.1) is 31.9 Å². The second kappa shape index (κ2) is 7.33. The van der Waals surface area contributed by atoms with Gasteiger partial charge in [-0.3, -0.25) is 4.79 Å². The second-order valence-electron chi connectivity index (χ2n) is 6.68. The molecule has 0 spiro atoms. The molecule has 6 heteroatoms. The number of carbonyl (C=O) groups is 2. The van der Waals surface area contributed by atoms with E-state index in [4.69, 9.17) is 9.15 Å². The van der Waals surface area contributed by atoms with E-state index in [1.807, 2.05) is 20.8 Å². The summed E-state index contributed by atoms with van der Waals surface area (Å²) in [5, 5.41) is 0. The van der Waals surface area contributed by atoms with E-state index in [-0.39, 0.29) is 29.4 Å². The van der Waals surface area contributed by atoms with E-state index in [9.17, 15) is 9.59 Å². The minimum absolute atomic E-state index is 0.0875. The third-order valence-corrected chi connectivity index (χ3v) is 4.71. The van der Waals surface area contributed by atoms with Gasteiger partial charge in [0.2, 0.25) is 0 Å². The predicted octanol–water partition coefficient (Wildman–Crippen LogP) is 3.29. The van der Waals surface area contributed by atoms with Crippen LogP contribution in [0.2, 0.25) is 0 Å². The molecular formula is C20H23NO5. The Bertz CT molecular complexity index is 825. The smallest absolute Gasteiger partial charge is 0.341 e. The Morgan fingerprint density at radius 1 is 1.23 bits per heavy atom. The highest BCUT2D eigenvalue weighted by atomic mass is 16.5. The van der Waals surface area contributed by atoms with Crippen molar-refractivity contribution in [1.82, 2.24) is 4.90 Å². The summed E-state index contributed by atoms with van der Waals surface area (Å²) < 4.78 is 15.9. The molecule has 0 N–H and O–H groups in total. The van der Waals surface area contributed by atoms with E-state index in [1.165, 1.54) is 19.4 Å². The van der Waals surface area contributed by atoms with Gasteiger partial charge in [0, 0.05) is 6.07 Å². The van der Waals surface area contributed by atoms with Crippen LogP contribution in [0.25, 0.3) is 0 Å². The summed E-state index contributed by atoms with van der Waals surface area (Å²) in [6, 6.07) is 7.55. The lowest BCUT2D eigenvalue weighted by Gasteiger charge is -2.38. The van der Waals surface area contributed by atoms with Crippen LogP contribution in [-0.2, 0) is 9.47 Å². The third-order valence-electron chi connectivity index (χ3n) is 4.71. The lowest BCUT2D eigenvalue weighted by atomic mass is 9.98. The summed E-state index contributed by atoms with van der Waals surface area (Å²) in [7, 11) is 1.29. The van der Waals surface area contributed by atoms with Crippen LogP contribution >= 0.6 is 0 Å². The quantitative estimate of drug-likeness (QED) is 0.789. The molecule has 0 bridgehead atoms. The SMILES string of the molecule is COC(=O)c1coc(C(=O)N2CC(c3cc(C)ccc3C)OCC2C)c1. The molecular weight excluding hydrogens is 334 g/mol. The topological polar surface area (TPSA) is 69.0 Å². The average Bonchev–Trinajstić information content (AvgIpc) is 3.13. The first kappa shape index (κ1) is 18.2. The highest BCUT2D eigenvalue weighted by Crippen LogP contribution is 2.29. The van der Waals surface area contributed by atoms with Gasteiger partial charge in [-0.2, -0.15) is 0 Å². The Kier molecular flexibility index (Phi) is 5.13. The van der Waals surface area contributed by atoms with Gasteiger partial charge in [0.25, 0.3) is 5.91 Å². The van der Waals surface area contributed by atoms with Crippen LogP contribution in [-0.4, -0.2) is 43.1 Å². The second-order valence-corrected chi connectivity index (χ2v) is 6.68. The highest BCUT2D eigenvalue weighted by molar-refractivity contribution is 5.96. The van der Waals surface area contributed by atoms with Crippen LogP contribution in [0.15, 0.2) is 34.9 Å². The summed E-state index contributed by atoms with van der Waals surface area (Å²) in [6.45, 7) is 6.88. The van der Waals surface area contributed by atoms with Crippen molar-refractivity contribution in [2.75, 3.05) is 20.3 Å². The van der Waals surface area contributed by atoms with Gasteiger partial charge in [-0.1, -0.05) is 23.8 Å². The Morgan fingerprint density at radius 3 is 2.73 bits per heavy atom. The molecule has 3 rings (SSSR count). The Balaban J connectivity index is 1.82. The molecule has 1 aromatic carbocycles. The maximum absolute atomic E-state index is 12.9. The van der Waals surface area contributed by atoms with Crippen molar-refractivity contribution < 1.29 is 23.5 Å². The maximum atomic E-state index is 12.9. The number of nitrogens with zero attached hydrogens (tertiary/aromatic N) is 1. The van der Waals surface area contributed by atoms with Crippen LogP contribution < -0.4 is 0 Å². The minimum Gasteiger partial charge on any atom is -0.465 e. The van der Waals surface area contributed by atoms with E-state index in [0.717, 1.165) is 16.7 Å². The number of morpholine rings is 1. The van der Waals surface area contributed by atoms with E-state index in [2.05, 4.69) is 22.9 Å². The number of ether oxygens (including phenoxy) is 2. The monoisotopic (exact) mass is 357 g/mol. The number of carbonyl (C=O) groups excluding carboxylic acids is 2. The largest absolute Gasteiger partial charge is 0.465 e. The summed E-state index contributed by atoms with van der Waals surface area (Å²) in [5.41, 5.74) is 3.60.